The predicted octanol–water partition coefficient (Wildman–Crippen LogP) is 4.79. The lowest BCUT2D eigenvalue weighted by Gasteiger charge is -2.23. The molecular formula is C33H60N3O5+. The van der Waals surface area contributed by atoms with E-state index < -0.39 is 0 Å². The molecule has 8 heteroatoms. The lowest BCUT2D eigenvalue weighted by Crippen LogP contribution is -2.44. The van der Waals surface area contributed by atoms with E-state index in [1.807, 2.05) is 26.0 Å². The van der Waals surface area contributed by atoms with Crippen LogP contribution in [0.5, 0.6) is 5.75 Å². The molecular weight excluding hydrogens is 518 g/mol. The van der Waals surface area contributed by atoms with E-state index in [0.29, 0.717) is 45.8 Å². The Hall–Kier alpha value is -2.00. The van der Waals surface area contributed by atoms with Gasteiger partial charge in [0.05, 0.1) is 60.2 Å². The highest BCUT2D eigenvalue weighted by Gasteiger charge is 2.22. The van der Waals surface area contributed by atoms with Gasteiger partial charge in [-0.2, -0.15) is 0 Å². The second kappa shape index (κ2) is 21.7. The molecule has 0 aromatic heterocycles. The Balaban J connectivity index is 2.02. The van der Waals surface area contributed by atoms with E-state index in [4.69, 9.17) is 14.2 Å². The Labute approximate surface area is 250 Å². The summed E-state index contributed by atoms with van der Waals surface area (Å²) >= 11 is 0. The fraction of sp³-hybridized carbons (Fsp3) is 0.758. The average molecular weight is 579 g/mol. The van der Waals surface area contributed by atoms with Gasteiger partial charge in [-0.3, -0.25) is 9.59 Å². The molecule has 1 aromatic carbocycles. The van der Waals surface area contributed by atoms with E-state index in [1.54, 1.807) is 0 Å². The number of quaternary nitrogens is 1. The Morgan fingerprint density at radius 1 is 0.780 bits per heavy atom. The number of unbranched alkanes of at least 4 members (excludes halogenated alkanes) is 5. The molecule has 0 aliphatic rings. The minimum atomic E-state index is -0.158. The number of hydrogen-bond acceptors (Lipinski definition) is 6. The molecule has 0 bridgehead atoms. The molecule has 41 heavy (non-hydrogen) atoms. The van der Waals surface area contributed by atoms with E-state index >= 15 is 0 Å². The maximum atomic E-state index is 12.6. The number of likely N-dealkylation sites (N-methyl/N-ethyl adjacent to an activating group) is 1. The lowest BCUT2D eigenvalue weighted by atomic mass is 9.95. The number of benzene rings is 1. The summed E-state index contributed by atoms with van der Waals surface area (Å²) in [6, 6.07) is 8.23. The first-order chi connectivity index (χ1) is 19.5. The second-order valence-electron chi connectivity index (χ2n) is 12.6. The van der Waals surface area contributed by atoms with Crippen LogP contribution < -0.4 is 15.4 Å². The SMILES string of the molecule is CC(C)N[C@@H](Cc1ccc(OCCCCCCCCC(=O)NCCOCCOCC[N+](C)(C)C)cc1)C(=O)C(C)C. The molecule has 0 aliphatic heterocycles. The molecule has 0 spiro atoms. The quantitative estimate of drug-likeness (QED) is 0.128. The van der Waals surface area contributed by atoms with Crippen molar-refractivity contribution in [2.75, 3.05) is 67.3 Å². The van der Waals surface area contributed by atoms with Crippen LogP contribution in [0.3, 0.4) is 0 Å². The monoisotopic (exact) mass is 578 g/mol. The third kappa shape index (κ3) is 20.5. The molecule has 0 fully saturated rings. The van der Waals surface area contributed by atoms with Crippen molar-refractivity contribution in [3.05, 3.63) is 29.8 Å². The minimum absolute atomic E-state index is 0.0168. The number of rotatable bonds is 25. The summed E-state index contributed by atoms with van der Waals surface area (Å²) in [6.07, 6.45) is 7.70. The first-order valence-electron chi connectivity index (χ1n) is 15.7. The van der Waals surface area contributed by atoms with Crippen LogP contribution in [0.2, 0.25) is 0 Å². The molecule has 0 unspecified atom stereocenters. The summed E-state index contributed by atoms with van der Waals surface area (Å²) in [6.45, 7) is 12.7. The highest BCUT2D eigenvalue weighted by molar-refractivity contribution is 5.86. The van der Waals surface area contributed by atoms with Crippen molar-refractivity contribution < 1.29 is 28.3 Å². The molecule has 0 radical (unpaired) electrons. The van der Waals surface area contributed by atoms with Gasteiger partial charge in [0.2, 0.25) is 5.91 Å². The first kappa shape index (κ1) is 37.0. The summed E-state index contributed by atoms with van der Waals surface area (Å²) in [4.78, 5) is 24.5. The smallest absolute Gasteiger partial charge is 0.220 e. The van der Waals surface area contributed by atoms with Gasteiger partial charge in [0, 0.05) is 24.9 Å². The lowest BCUT2D eigenvalue weighted by molar-refractivity contribution is -0.870. The Morgan fingerprint density at radius 3 is 2.00 bits per heavy atom. The molecule has 1 amide bonds. The normalized spacial score (nSPS) is 12.6. The Morgan fingerprint density at radius 2 is 1.39 bits per heavy atom. The highest BCUT2D eigenvalue weighted by Crippen LogP contribution is 2.16. The van der Waals surface area contributed by atoms with Crippen LogP contribution >= 0.6 is 0 Å². The van der Waals surface area contributed by atoms with Crippen LogP contribution in [-0.4, -0.2) is 95.5 Å². The summed E-state index contributed by atoms with van der Waals surface area (Å²) in [5, 5.41) is 6.33. The fourth-order valence-corrected chi connectivity index (χ4v) is 4.30. The van der Waals surface area contributed by atoms with Gasteiger partial charge in [0.25, 0.3) is 0 Å². The van der Waals surface area contributed by atoms with E-state index in [2.05, 4.69) is 57.8 Å². The Kier molecular flexibility index (Phi) is 19.6. The van der Waals surface area contributed by atoms with E-state index in [9.17, 15) is 9.59 Å². The van der Waals surface area contributed by atoms with Gasteiger partial charge in [-0.25, -0.2) is 0 Å². The summed E-state index contributed by atoms with van der Waals surface area (Å²) in [5.41, 5.74) is 1.14. The molecule has 2 N–H and O–H groups in total. The molecule has 1 aromatic rings. The van der Waals surface area contributed by atoms with Crippen molar-refractivity contribution >= 4 is 11.7 Å². The van der Waals surface area contributed by atoms with Crippen molar-refractivity contribution in [2.24, 2.45) is 5.92 Å². The zero-order chi connectivity index (χ0) is 30.5. The highest BCUT2D eigenvalue weighted by atomic mass is 16.5. The van der Waals surface area contributed by atoms with Crippen molar-refractivity contribution in [1.82, 2.24) is 10.6 Å². The van der Waals surface area contributed by atoms with Crippen LogP contribution in [-0.2, 0) is 25.5 Å². The number of ketones is 1. The third-order valence-corrected chi connectivity index (χ3v) is 6.72. The molecule has 0 saturated heterocycles. The zero-order valence-corrected chi connectivity index (χ0v) is 27.1. The number of ether oxygens (including phenoxy) is 3. The number of Topliss-reactive ketones (excluding diaryl/α,β-unsaturated/α-hetero) is 1. The van der Waals surface area contributed by atoms with Crippen LogP contribution in [0, 0.1) is 5.92 Å². The van der Waals surface area contributed by atoms with Crippen LogP contribution in [0.25, 0.3) is 0 Å². The standard InChI is InChI=1S/C33H59N3O5/c1-27(2)33(38)31(35-28(3)4)26-29-15-17-30(18-16-29)41-21-13-11-9-8-10-12-14-32(37)34-19-22-39-24-25-40-23-20-36(5,6)7/h15-18,27-28,31,35H,8-14,19-26H2,1-7H3/p+1/t31-/m0/s1. The van der Waals surface area contributed by atoms with E-state index in [1.165, 1.54) is 0 Å². The van der Waals surface area contributed by atoms with Gasteiger partial charge < -0.3 is 29.3 Å². The topological polar surface area (TPSA) is 85.9 Å². The van der Waals surface area contributed by atoms with E-state index in [0.717, 1.165) is 67.5 Å². The number of hydrogen-bond donors (Lipinski definition) is 2. The molecule has 236 valence electrons. The number of carbonyl (C=O) groups is 2. The molecule has 1 rings (SSSR count). The summed E-state index contributed by atoms with van der Waals surface area (Å²) < 4.78 is 17.9. The van der Waals surface area contributed by atoms with Crippen molar-refractivity contribution in [3.8, 4) is 5.75 Å². The van der Waals surface area contributed by atoms with Gasteiger partial charge in [-0.1, -0.05) is 65.5 Å². The largest absolute Gasteiger partial charge is 0.494 e. The number of amides is 1. The van der Waals surface area contributed by atoms with Gasteiger partial charge in [0.1, 0.15) is 12.3 Å². The summed E-state index contributed by atoms with van der Waals surface area (Å²) in [5.74, 6) is 1.25. The van der Waals surface area contributed by atoms with Crippen LogP contribution in [0.1, 0.15) is 78.2 Å². The average Bonchev–Trinajstić information content (AvgIpc) is 2.90. The van der Waals surface area contributed by atoms with Gasteiger partial charge in [-0.05, 0) is 37.0 Å². The number of carbonyl (C=O) groups excluding carboxylic acids is 2. The van der Waals surface area contributed by atoms with Gasteiger partial charge in [-0.15, -0.1) is 0 Å². The van der Waals surface area contributed by atoms with Gasteiger partial charge >= 0.3 is 0 Å². The predicted molar refractivity (Wildman–Crippen MR) is 167 cm³/mol. The fourth-order valence-electron chi connectivity index (χ4n) is 4.30. The molecule has 8 nitrogen and oxygen atoms in total. The second-order valence-corrected chi connectivity index (χ2v) is 12.6. The molecule has 1 atom stereocenters. The van der Waals surface area contributed by atoms with Crippen molar-refractivity contribution in [1.29, 1.82) is 0 Å². The molecule has 0 aliphatic carbocycles. The molecule has 0 saturated carbocycles. The maximum Gasteiger partial charge on any atom is 0.220 e. The Bertz CT molecular complexity index is 821. The van der Waals surface area contributed by atoms with Crippen molar-refractivity contribution in [2.45, 2.75) is 91.1 Å². The minimum Gasteiger partial charge on any atom is -0.494 e. The third-order valence-electron chi connectivity index (χ3n) is 6.72. The maximum absolute atomic E-state index is 12.6. The number of nitrogens with one attached hydrogen (secondary N) is 2. The van der Waals surface area contributed by atoms with Gasteiger partial charge in [0.15, 0.2) is 5.78 Å². The zero-order valence-electron chi connectivity index (χ0n) is 27.1. The number of nitrogens with zero attached hydrogens (tertiary/aromatic N) is 1. The van der Waals surface area contributed by atoms with Crippen LogP contribution in [0.4, 0.5) is 0 Å². The van der Waals surface area contributed by atoms with Crippen LogP contribution in [0.15, 0.2) is 24.3 Å². The van der Waals surface area contributed by atoms with E-state index in [-0.39, 0.29) is 29.7 Å². The summed E-state index contributed by atoms with van der Waals surface area (Å²) in [7, 11) is 6.43. The first-order valence-corrected chi connectivity index (χ1v) is 15.7. The molecule has 0 heterocycles. The van der Waals surface area contributed by atoms with Crippen molar-refractivity contribution in [3.63, 3.8) is 0 Å².